The normalized spacial score (nSPS) is 16.4. The third-order valence-corrected chi connectivity index (χ3v) is 5.86. The van der Waals surface area contributed by atoms with Crippen LogP contribution < -0.4 is 5.32 Å². The summed E-state index contributed by atoms with van der Waals surface area (Å²) < 4.78 is 13.0. The standard InChI is InChI=1S/C20H27ClN4O3S/c1-13(2)28-19(26)12-29-20-24-23-18(25(20)11-16-5-4-8-27-16)10-22-15-7-6-14(3)17(21)9-15/h6-7,9,13,16,22H,4-5,8,10-12H2,1-3H3/t16-/m1/s1. The number of thioether (sulfide) groups is 1. The van der Waals surface area contributed by atoms with Gasteiger partial charge in [-0.05, 0) is 51.3 Å². The molecule has 1 aliphatic heterocycles. The first kappa shape index (κ1) is 21.9. The average Bonchev–Trinajstić information content (AvgIpc) is 3.31. The second-order valence-electron chi connectivity index (χ2n) is 7.29. The van der Waals surface area contributed by atoms with E-state index in [2.05, 4.69) is 15.5 Å². The largest absolute Gasteiger partial charge is 0.462 e. The van der Waals surface area contributed by atoms with Crippen molar-refractivity contribution in [3.8, 4) is 0 Å². The van der Waals surface area contributed by atoms with Gasteiger partial charge in [-0.1, -0.05) is 29.4 Å². The predicted molar refractivity (Wildman–Crippen MR) is 114 cm³/mol. The van der Waals surface area contributed by atoms with Crippen molar-refractivity contribution in [2.45, 2.75) is 64.1 Å². The van der Waals surface area contributed by atoms with E-state index in [9.17, 15) is 4.79 Å². The molecule has 1 aromatic heterocycles. The Morgan fingerprint density at radius 3 is 2.97 bits per heavy atom. The van der Waals surface area contributed by atoms with Crippen LogP contribution in [0.15, 0.2) is 23.4 Å². The summed E-state index contributed by atoms with van der Waals surface area (Å²) >= 11 is 7.55. The van der Waals surface area contributed by atoms with Gasteiger partial charge in [0.15, 0.2) is 11.0 Å². The number of esters is 1. The first-order valence-corrected chi connectivity index (χ1v) is 11.1. The van der Waals surface area contributed by atoms with Crippen LogP contribution in [0.1, 0.15) is 38.1 Å². The Kier molecular flexibility index (Phi) is 7.80. The molecule has 1 aromatic carbocycles. The van der Waals surface area contributed by atoms with Crippen molar-refractivity contribution < 1.29 is 14.3 Å². The molecule has 1 saturated heterocycles. The van der Waals surface area contributed by atoms with E-state index in [1.165, 1.54) is 11.8 Å². The summed E-state index contributed by atoms with van der Waals surface area (Å²) in [6, 6.07) is 5.86. The number of benzene rings is 1. The topological polar surface area (TPSA) is 78.3 Å². The maximum atomic E-state index is 11.9. The Labute approximate surface area is 180 Å². The van der Waals surface area contributed by atoms with E-state index >= 15 is 0 Å². The molecular formula is C20H27ClN4O3S. The van der Waals surface area contributed by atoms with E-state index in [4.69, 9.17) is 21.1 Å². The summed E-state index contributed by atoms with van der Waals surface area (Å²) in [5.74, 6) is 0.727. The smallest absolute Gasteiger partial charge is 0.316 e. The summed E-state index contributed by atoms with van der Waals surface area (Å²) in [5.41, 5.74) is 1.95. The average molecular weight is 439 g/mol. The molecule has 1 atom stereocenters. The van der Waals surface area contributed by atoms with Crippen molar-refractivity contribution in [1.29, 1.82) is 0 Å². The number of carbonyl (C=O) groups is 1. The highest BCUT2D eigenvalue weighted by Gasteiger charge is 2.21. The van der Waals surface area contributed by atoms with Crippen LogP contribution >= 0.6 is 23.4 Å². The summed E-state index contributed by atoms with van der Waals surface area (Å²) in [4.78, 5) is 11.9. The second-order valence-corrected chi connectivity index (χ2v) is 8.64. The summed E-state index contributed by atoms with van der Waals surface area (Å²) in [5, 5.41) is 13.4. The first-order chi connectivity index (χ1) is 13.9. The number of carbonyl (C=O) groups excluding carboxylic acids is 1. The van der Waals surface area contributed by atoms with E-state index in [1.54, 1.807) is 0 Å². The summed E-state index contributed by atoms with van der Waals surface area (Å²) in [6.07, 6.45) is 2.08. The quantitative estimate of drug-likeness (QED) is 0.467. The molecule has 1 aliphatic rings. The van der Waals surface area contributed by atoms with Crippen LogP contribution in [0, 0.1) is 6.92 Å². The van der Waals surface area contributed by atoms with Gasteiger partial charge in [-0.25, -0.2) is 0 Å². The summed E-state index contributed by atoms with van der Waals surface area (Å²) in [6.45, 7) is 7.59. The molecule has 1 N–H and O–H groups in total. The molecule has 0 unspecified atom stereocenters. The minimum Gasteiger partial charge on any atom is -0.462 e. The van der Waals surface area contributed by atoms with Crippen molar-refractivity contribution >= 4 is 35.0 Å². The van der Waals surface area contributed by atoms with Crippen molar-refractivity contribution in [2.24, 2.45) is 0 Å². The Morgan fingerprint density at radius 2 is 2.28 bits per heavy atom. The minimum absolute atomic E-state index is 0.131. The molecule has 0 bridgehead atoms. The highest BCUT2D eigenvalue weighted by Crippen LogP contribution is 2.23. The van der Waals surface area contributed by atoms with Gasteiger partial charge < -0.3 is 19.4 Å². The van der Waals surface area contributed by atoms with Crippen molar-refractivity contribution in [3.05, 3.63) is 34.6 Å². The molecule has 0 radical (unpaired) electrons. The highest BCUT2D eigenvalue weighted by molar-refractivity contribution is 7.99. The number of hydrogen-bond acceptors (Lipinski definition) is 7. The second kappa shape index (κ2) is 10.3. The van der Waals surface area contributed by atoms with Gasteiger partial charge in [0.25, 0.3) is 0 Å². The van der Waals surface area contributed by atoms with Crippen LogP contribution in [0.2, 0.25) is 5.02 Å². The summed E-state index contributed by atoms with van der Waals surface area (Å²) in [7, 11) is 0. The Bertz CT molecular complexity index is 837. The molecule has 158 valence electrons. The molecule has 1 fully saturated rings. The lowest BCUT2D eigenvalue weighted by Crippen LogP contribution is -2.20. The number of nitrogens with zero attached hydrogens (tertiary/aromatic N) is 3. The SMILES string of the molecule is Cc1ccc(NCc2nnc(SCC(=O)OC(C)C)n2C[C@H]2CCCO2)cc1Cl. The van der Waals surface area contributed by atoms with Gasteiger partial charge in [-0.3, -0.25) is 4.79 Å². The molecule has 0 saturated carbocycles. The lowest BCUT2D eigenvalue weighted by Gasteiger charge is -2.15. The fourth-order valence-electron chi connectivity index (χ4n) is 3.04. The number of anilines is 1. The molecule has 29 heavy (non-hydrogen) atoms. The molecule has 0 aliphatic carbocycles. The van der Waals surface area contributed by atoms with Crippen LogP contribution in [0.4, 0.5) is 5.69 Å². The van der Waals surface area contributed by atoms with E-state index in [0.29, 0.717) is 18.2 Å². The van der Waals surface area contributed by atoms with Crippen LogP contribution in [-0.2, 0) is 27.4 Å². The van der Waals surface area contributed by atoms with Crippen LogP contribution in [-0.4, -0.2) is 45.3 Å². The monoisotopic (exact) mass is 438 g/mol. The molecule has 2 heterocycles. The van der Waals surface area contributed by atoms with E-state index in [1.807, 2.05) is 43.5 Å². The van der Waals surface area contributed by atoms with Gasteiger partial charge >= 0.3 is 5.97 Å². The Balaban J connectivity index is 1.70. The van der Waals surface area contributed by atoms with Gasteiger partial charge in [-0.15, -0.1) is 10.2 Å². The van der Waals surface area contributed by atoms with E-state index < -0.39 is 0 Å². The van der Waals surface area contributed by atoms with Crippen LogP contribution in [0.5, 0.6) is 0 Å². The molecule has 9 heteroatoms. The van der Waals surface area contributed by atoms with Crippen molar-refractivity contribution in [2.75, 3.05) is 17.7 Å². The molecule has 2 aromatic rings. The first-order valence-electron chi connectivity index (χ1n) is 9.78. The third kappa shape index (κ3) is 6.35. The third-order valence-electron chi connectivity index (χ3n) is 4.51. The van der Waals surface area contributed by atoms with Gasteiger partial charge in [0, 0.05) is 17.3 Å². The number of aryl methyl sites for hydroxylation is 1. The minimum atomic E-state index is -0.259. The Hall–Kier alpha value is -1.77. The lowest BCUT2D eigenvalue weighted by atomic mass is 10.2. The van der Waals surface area contributed by atoms with Gasteiger partial charge in [0.2, 0.25) is 0 Å². The number of hydrogen-bond donors (Lipinski definition) is 1. The van der Waals surface area contributed by atoms with Gasteiger partial charge in [0.1, 0.15) is 0 Å². The highest BCUT2D eigenvalue weighted by atomic mass is 35.5. The number of ether oxygens (including phenoxy) is 2. The van der Waals surface area contributed by atoms with Crippen molar-refractivity contribution in [1.82, 2.24) is 14.8 Å². The number of nitrogens with one attached hydrogen (secondary N) is 1. The number of halogens is 1. The van der Waals surface area contributed by atoms with Crippen LogP contribution in [0.25, 0.3) is 0 Å². The number of aromatic nitrogens is 3. The lowest BCUT2D eigenvalue weighted by molar-refractivity contribution is -0.144. The fraction of sp³-hybridized carbons (Fsp3) is 0.550. The Morgan fingerprint density at radius 1 is 1.45 bits per heavy atom. The maximum absolute atomic E-state index is 11.9. The van der Waals surface area contributed by atoms with Gasteiger partial charge in [0.05, 0.1) is 31.1 Å². The molecular weight excluding hydrogens is 412 g/mol. The molecule has 0 spiro atoms. The molecule has 7 nitrogen and oxygen atoms in total. The zero-order valence-corrected chi connectivity index (χ0v) is 18.6. The zero-order valence-electron chi connectivity index (χ0n) is 17.0. The van der Waals surface area contributed by atoms with E-state index in [-0.39, 0.29) is 23.9 Å². The maximum Gasteiger partial charge on any atom is 0.316 e. The van der Waals surface area contributed by atoms with Gasteiger partial charge in [-0.2, -0.15) is 0 Å². The molecule has 3 rings (SSSR count). The molecule has 0 amide bonds. The zero-order chi connectivity index (χ0) is 20.8. The predicted octanol–water partition coefficient (Wildman–Crippen LogP) is 4.07. The van der Waals surface area contributed by atoms with Crippen molar-refractivity contribution in [3.63, 3.8) is 0 Å². The fourth-order valence-corrected chi connectivity index (χ4v) is 3.97. The van der Waals surface area contributed by atoms with Crippen LogP contribution in [0.3, 0.4) is 0 Å². The van der Waals surface area contributed by atoms with E-state index in [0.717, 1.165) is 41.5 Å². The number of rotatable bonds is 9.